The number of aromatic amines is 1. The Morgan fingerprint density at radius 3 is 2.74 bits per heavy atom. The molecule has 3 aromatic rings. The molecule has 4 rings (SSSR count). The highest BCUT2D eigenvalue weighted by Crippen LogP contribution is 2.28. The van der Waals surface area contributed by atoms with Crippen molar-refractivity contribution >= 4 is 0 Å². The maximum atomic E-state index is 4.84. The highest BCUT2D eigenvalue weighted by Gasteiger charge is 2.18. The normalized spacial score (nSPS) is 14.0. The van der Waals surface area contributed by atoms with Crippen LogP contribution < -0.4 is 5.32 Å². The standard InChI is InChI=1S/C18H21N5/c1-11-4-5-14(17(8-11)23-13(3)9-12(2)22-23)18-20-15-6-7-19-10-16(15)21-18/h4-5,8-9,19H,6-7,10H2,1-3H3,(H,20,21). The molecule has 0 amide bonds. The molecule has 1 aromatic carbocycles. The van der Waals surface area contributed by atoms with E-state index in [1.807, 2.05) is 11.6 Å². The van der Waals surface area contributed by atoms with Crippen molar-refractivity contribution in [2.24, 2.45) is 0 Å². The average Bonchev–Trinajstić information content (AvgIpc) is 3.09. The van der Waals surface area contributed by atoms with E-state index in [1.54, 1.807) is 0 Å². The number of hydrogen-bond donors (Lipinski definition) is 2. The van der Waals surface area contributed by atoms with Gasteiger partial charge in [0.2, 0.25) is 0 Å². The Morgan fingerprint density at radius 1 is 1.13 bits per heavy atom. The van der Waals surface area contributed by atoms with Crippen molar-refractivity contribution in [3.8, 4) is 17.1 Å². The van der Waals surface area contributed by atoms with Crippen LogP contribution in [0.3, 0.4) is 0 Å². The second kappa shape index (κ2) is 5.35. The summed E-state index contributed by atoms with van der Waals surface area (Å²) in [4.78, 5) is 8.33. The number of rotatable bonds is 2. The minimum atomic E-state index is 0.865. The molecule has 0 fully saturated rings. The Hall–Kier alpha value is -2.40. The van der Waals surface area contributed by atoms with E-state index in [9.17, 15) is 0 Å². The molecule has 5 nitrogen and oxygen atoms in total. The van der Waals surface area contributed by atoms with Crippen LogP contribution in [0.2, 0.25) is 0 Å². The number of H-pyrrole nitrogens is 1. The summed E-state index contributed by atoms with van der Waals surface area (Å²) in [5, 5.41) is 8.04. The highest BCUT2D eigenvalue weighted by atomic mass is 15.3. The van der Waals surface area contributed by atoms with Gasteiger partial charge in [0.05, 0.1) is 22.8 Å². The van der Waals surface area contributed by atoms with Gasteiger partial charge in [0.1, 0.15) is 5.82 Å². The zero-order valence-electron chi connectivity index (χ0n) is 13.8. The Balaban J connectivity index is 1.89. The van der Waals surface area contributed by atoms with E-state index in [2.05, 4.69) is 53.5 Å². The first-order valence-electron chi connectivity index (χ1n) is 8.05. The van der Waals surface area contributed by atoms with Crippen molar-refractivity contribution < 1.29 is 0 Å². The molecular weight excluding hydrogens is 286 g/mol. The van der Waals surface area contributed by atoms with E-state index in [-0.39, 0.29) is 0 Å². The van der Waals surface area contributed by atoms with Gasteiger partial charge in [-0.1, -0.05) is 6.07 Å². The number of nitrogens with one attached hydrogen (secondary N) is 2. The SMILES string of the molecule is Cc1ccc(-c2nc3c([nH]2)CNCC3)c(-n2nc(C)cc2C)c1. The topological polar surface area (TPSA) is 58.5 Å². The number of benzene rings is 1. The second-order valence-electron chi connectivity index (χ2n) is 6.30. The van der Waals surface area contributed by atoms with Crippen LogP contribution in [0.1, 0.15) is 28.3 Å². The van der Waals surface area contributed by atoms with Crippen LogP contribution in [-0.4, -0.2) is 26.3 Å². The minimum absolute atomic E-state index is 0.865. The van der Waals surface area contributed by atoms with Gasteiger partial charge in [-0.3, -0.25) is 0 Å². The first kappa shape index (κ1) is 14.2. The lowest BCUT2D eigenvalue weighted by Gasteiger charge is -2.11. The predicted molar refractivity (Wildman–Crippen MR) is 90.8 cm³/mol. The lowest BCUT2D eigenvalue weighted by molar-refractivity contribution is 0.627. The summed E-state index contributed by atoms with van der Waals surface area (Å²) in [5.74, 6) is 0.932. The predicted octanol–water partition coefficient (Wildman–Crippen LogP) is 2.83. The maximum Gasteiger partial charge on any atom is 0.140 e. The van der Waals surface area contributed by atoms with Gasteiger partial charge in [0, 0.05) is 30.8 Å². The van der Waals surface area contributed by atoms with Gasteiger partial charge < -0.3 is 10.3 Å². The van der Waals surface area contributed by atoms with Crippen LogP contribution in [-0.2, 0) is 13.0 Å². The van der Waals surface area contributed by atoms with Crippen molar-refractivity contribution in [1.82, 2.24) is 25.1 Å². The van der Waals surface area contributed by atoms with Crippen LogP contribution in [0, 0.1) is 20.8 Å². The van der Waals surface area contributed by atoms with Crippen molar-refractivity contribution in [1.29, 1.82) is 0 Å². The van der Waals surface area contributed by atoms with Gasteiger partial charge in [-0.15, -0.1) is 0 Å². The molecule has 0 aliphatic carbocycles. The van der Waals surface area contributed by atoms with Crippen LogP contribution in [0.15, 0.2) is 24.3 Å². The molecule has 1 aliphatic heterocycles. The Kier molecular flexibility index (Phi) is 3.31. The molecule has 0 spiro atoms. The average molecular weight is 307 g/mol. The first-order valence-corrected chi connectivity index (χ1v) is 8.05. The zero-order valence-corrected chi connectivity index (χ0v) is 13.8. The smallest absolute Gasteiger partial charge is 0.140 e. The van der Waals surface area contributed by atoms with E-state index in [4.69, 9.17) is 4.98 Å². The molecule has 0 bridgehead atoms. The number of hydrogen-bond acceptors (Lipinski definition) is 3. The van der Waals surface area contributed by atoms with Gasteiger partial charge in [-0.25, -0.2) is 9.67 Å². The number of imidazole rings is 1. The van der Waals surface area contributed by atoms with Gasteiger partial charge in [0.25, 0.3) is 0 Å². The highest BCUT2D eigenvalue weighted by molar-refractivity contribution is 5.69. The summed E-state index contributed by atoms with van der Waals surface area (Å²) in [6, 6.07) is 8.54. The molecule has 2 aromatic heterocycles. The fourth-order valence-corrected chi connectivity index (χ4v) is 3.24. The second-order valence-corrected chi connectivity index (χ2v) is 6.30. The zero-order chi connectivity index (χ0) is 16.0. The quantitative estimate of drug-likeness (QED) is 0.765. The summed E-state index contributed by atoms with van der Waals surface area (Å²) in [6.07, 6.45) is 0.979. The fraction of sp³-hybridized carbons (Fsp3) is 0.333. The summed E-state index contributed by atoms with van der Waals surface area (Å²) in [5.41, 5.74) is 7.93. The van der Waals surface area contributed by atoms with E-state index < -0.39 is 0 Å². The molecule has 0 saturated heterocycles. The van der Waals surface area contributed by atoms with Crippen molar-refractivity contribution in [3.63, 3.8) is 0 Å². The largest absolute Gasteiger partial charge is 0.340 e. The Morgan fingerprint density at radius 2 is 2.00 bits per heavy atom. The third-order valence-corrected chi connectivity index (χ3v) is 4.35. The lowest BCUT2D eigenvalue weighted by Crippen LogP contribution is -2.23. The number of fused-ring (bicyclic) bond motifs is 1. The van der Waals surface area contributed by atoms with E-state index in [0.717, 1.165) is 48.0 Å². The summed E-state index contributed by atoms with van der Waals surface area (Å²) in [6.45, 7) is 8.08. The number of aryl methyl sites for hydroxylation is 3. The van der Waals surface area contributed by atoms with Gasteiger partial charge >= 0.3 is 0 Å². The molecule has 0 radical (unpaired) electrons. The number of nitrogens with zero attached hydrogens (tertiary/aromatic N) is 3. The molecular formula is C18H21N5. The summed E-state index contributed by atoms with van der Waals surface area (Å²) < 4.78 is 2.01. The van der Waals surface area contributed by atoms with Gasteiger partial charge in [-0.2, -0.15) is 5.10 Å². The van der Waals surface area contributed by atoms with Gasteiger partial charge in [-0.05, 0) is 44.5 Å². The van der Waals surface area contributed by atoms with E-state index >= 15 is 0 Å². The third kappa shape index (κ3) is 2.47. The van der Waals surface area contributed by atoms with E-state index in [1.165, 1.54) is 17.0 Å². The van der Waals surface area contributed by atoms with Crippen LogP contribution in [0.4, 0.5) is 0 Å². The fourth-order valence-electron chi connectivity index (χ4n) is 3.24. The van der Waals surface area contributed by atoms with Crippen LogP contribution in [0.5, 0.6) is 0 Å². The summed E-state index contributed by atoms with van der Waals surface area (Å²) in [7, 11) is 0. The molecule has 0 atom stereocenters. The molecule has 5 heteroatoms. The maximum absolute atomic E-state index is 4.84. The lowest BCUT2D eigenvalue weighted by atomic mass is 10.1. The van der Waals surface area contributed by atoms with Crippen LogP contribution in [0.25, 0.3) is 17.1 Å². The van der Waals surface area contributed by atoms with Crippen molar-refractivity contribution in [3.05, 3.63) is 52.6 Å². The molecule has 0 saturated carbocycles. The van der Waals surface area contributed by atoms with Gasteiger partial charge in [0.15, 0.2) is 0 Å². The first-order chi connectivity index (χ1) is 11.1. The van der Waals surface area contributed by atoms with E-state index in [0.29, 0.717) is 0 Å². The molecule has 23 heavy (non-hydrogen) atoms. The third-order valence-electron chi connectivity index (χ3n) is 4.35. The summed E-state index contributed by atoms with van der Waals surface area (Å²) >= 11 is 0. The Bertz CT molecular complexity index is 848. The molecule has 118 valence electrons. The Labute approximate surface area is 135 Å². The molecule has 0 unspecified atom stereocenters. The number of aromatic nitrogens is 4. The molecule has 1 aliphatic rings. The molecule has 2 N–H and O–H groups in total. The monoisotopic (exact) mass is 307 g/mol. The van der Waals surface area contributed by atoms with Crippen molar-refractivity contribution in [2.45, 2.75) is 33.7 Å². The van der Waals surface area contributed by atoms with Crippen molar-refractivity contribution in [2.75, 3.05) is 6.54 Å². The minimum Gasteiger partial charge on any atom is -0.340 e. The van der Waals surface area contributed by atoms with Crippen LogP contribution >= 0.6 is 0 Å². The molecule has 3 heterocycles.